The van der Waals surface area contributed by atoms with Crippen LogP contribution in [-0.2, 0) is 0 Å². The van der Waals surface area contributed by atoms with Crippen LogP contribution in [0.4, 0.5) is 0 Å². The molecule has 0 spiro atoms. The van der Waals surface area contributed by atoms with Crippen LogP contribution in [0, 0.1) is 0 Å². The number of halogens is 2. The average Bonchev–Trinajstić information content (AvgIpc) is 2.64. The summed E-state index contributed by atoms with van der Waals surface area (Å²) in [5, 5.41) is 11.7. The predicted octanol–water partition coefficient (Wildman–Crippen LogP) is 4.82. The Morgan fingerprint density at radius 1 is 1.06 bits per heavy atom. The Bertz CT molecular complexity index is 701. The molecule has 1 N–H and O–H groups in total. The van der Waals surface area contributed by atoms with E-state index in [0.717, 1.165) is 21.9 Å². The maximum absolute atomic E-state index is 9.85. The topological polar surface area (TPSA) is 33.4 Å². The van der Waals surface area contributed by atoms with Gasteiger partial charge in [-0.1, -0.05) is 18.2 Å². The maximum Gasteiger partial charge on any atom is 0.144 e. The summed E-state index contributed by atoms with van der Waals surface area (Å²) < 4.78 is 6.97. The molecule has 0 unspecified atom stereocenters. The van der Waals surface area contributed by atoms with E-state index < -0.39 is 0 Å². The molecule has 0 radical (unpaired) electrons. The zero-order valence-corrected chi connectivity index (χ0v) is 11.2. The van der Waals surface area contributed by atoms with Crippen molar-refractivity contribution < 1.29 is 9.52 Å². The summed E-state index contributed by atoms with van der Waals surface area (Å²) in [6, 6.07) is 9.53. The normalized spacial score (nSPS) is 11.4. The van der Waals surface area contributed by atoms with E-state index in [1.54, 1.807) is 6.07 Å². The molecule has 4 heteroatoms. The minimum absolute atomic E-state index is 0.194. The number of para-hydroxylation sites is 1. The Labute approximate surface area is 108 Å². The molecule has 1 aromatic heterocycles. The summed E-state index contributed by atoms with van der Waals surface area (Å²) >= 11 is 6.68. The molecule has 0 aliphatic carbocycles. The van der Waals surface area contributed by atoms with Gasteiger partial charge in [-0.3, -0.25) is 0 Å². The van der Waals surface area contributed by atoms with Gasteiger partial charge in [0.25, 0.3) is 0 Å². The predicted molar refractivity (Wildman–Crippen MR) is 70.8 cm³/mol. The number of furan rings is 1. The van der Waals surface area contributed by atoms with Crippen molar-refractivity contribution in [1.29, 1.82) is 0 Å². The maximum atomic E-state index is 9.85. The van der Waals surface area contributed by atoms with Crippen molar-refractivity contribution in [2.75, 3.05) is 0 Å². The van der Waals surface area contributed by atoms with Gasteiger partial charge in [0.2, 0.25) is 0 Å². The summed E-state index contributed by atoms with van der Waals surface area (Å²) in [4.78, 5) is 0. The SMILES string of the molecule is Oc1c(Br)cc2oc3ccccc3c2c1Br. The minimum Gasteiger partial charge on any atom is -0.506 e. The van der Waals surface area contributed by atoms with Gasteiger partial charge in [0, 0.05) is 10.8 Å². The summed E-state index contributed by atoms with van der Waals surface area (Å²) in [6.07, 6.45) is 0. The molecule has 0 amide bonds. The second kappa shape index (κ2) is 3.50. The highest BCUT2D eigenvalue weighted by molar-refractivity contribution is 9.11. The van der Waals surface area contributed by atoms with Gasteiger partial charge in [0.1, 0.15) is 16.9 Å². The van der Waals surface area contributed by atoms with Crippen molar-refractivity contribution in [1.82, 2.24) is 0 Å². The van der Waals surface area contributed by atoms with E-state index in [4.69, 9.17) is 4.42 Å². The van der Waals surface area contributed by atoms with Crippen molar-refractivity contribution in [3.8, 4) is 5.75 Å². The summed E-state index contributed by atoms with van der Waals surface area (Å²) in [5.41, 5.74) is 1.56. The van der Waals surface area contributed by atoms with E-state index >= 15 is 0 Å². The second-order valence-electron chi connectivity index (χ2n) is 3.49. The molecule has 1 heterocycles. The van der Waals surface area contributed by atoms with Crippen LogP contribution in [-0.4, -0.2) is 5.11 Å². The summed E-state index contributed by atoms with van der Waals surface area (Å²) in [6.45, 7) is 0. The molecule has 0 fully saturated rings. The van der Waals surface area contributed by atoms with Gasteiger partial charge in [-0.2, -0.15) is 0 Å². The first-order valence-electron chi connectivity index (χ1n) is 4.66. The zero-order valence-electron chi connectivity index (χ0n) is 8.00. The van der Waals surface area contributed by atoms with E-state index in [-0.39, 0.29) is 5.75 Å². The third-order valence-corrected chi connectivity index (χ3v) is 3.91. The number of hydrogen-bond acceptors (Lipinski definition) is 2. The van der Waals surface area contributed by atoms with Gasteiger partial charge in [0.15, 0.2) is 0 Å². The van der Waals surface area contributed by atoms with Gasteiger partial charge in [-0.05, 0) is 44.0 Å². The molecule has 2 nitrogen and oxygen atoms in total. The van der Waals surface area contributed by atoms with Gasteiger partial charge in [0.05, 0.1) is 8.95 Å². The highest BCUT2D eigenvalue weighted by atomic mass is 79.9. The van der Waals surface area contributed by atoms with Crippen molar-refractivity contribution in [2.24, 2.45) is 0 Å². The third kappa shape index (κ3) is 1.30. The lowest BCUT2D eigenvalue weighted by Gasteiger charge is -2.00. The minimum atomic E-state index is 0.194. The Hall–Kier alpha value is -1.00. The summed E-state index contributed by atoms with van der Waals surface area (Å²) in [7, 11) is 0. The van der Waals surface area contributed by atoms with E-state index in [0.29, 0.717) is 8.95 Å². The lowest BCUT2D eigenvalue weighted by atomic mass is 10.1. The smallest absolute Gasteiger partial charge is 0.144 e. The fourth-order valence-corrected chi connectivity index (χ4v) is 3.09. The molecule has 2 aromatic carbocycles. The quantitative estimate of drug-likeness (QED) is 0.636. The first-order valence-corrected chi connectivity index (χ1v) is 6.25. The van der Waals surface area contributed by atoms with Crippen molar-refractivity contribution in [3.05, 3.63) is 39.3 Å². The number of fused-ring (bicyclic) bond motifs is 3. The fourth-order valence-electron chi connectivity index (χ4n) is 1.80. The van der Waals surface area contributed by atoms with E-state index in [1.165, 1.54) is 0 Å². The molecule has 0 bridgehead atoms. The Morgan fingerprint density at radius 2 is 1.81 bits per heavy atom. The molecule has 0 aliphatic rings. The van der Waals surface area contributed by atoms with E-state index in [9.17, 15) is 5.11 Å². The molecule has 3 rings (SSSR count). The van der Waals surface area contributed by atoms with Gasteiger partial charge >= 0.3 is 0 Å². The fraction of sp³-hybridized carbons (Fsp3) is 0. The van der Waals surface area contributed by atoms with Crippen LogP contribution in [0.15, 0.2) is 43.7 Å². The standard InChI is InChI=1S/C12H6Br2O2/c13-7-5-9-10(11(14)12(7)15)6-3-1-2-4-8(6)16-9/h1-5,15H. The molecule has 0 saturated carbocycles. The average molecular weight is 342 g/mol. The van der Waals surface area contributed by atoms with Crippen LogP contribution >= 0.6 is 31.9 Å². The van der Waals surface area contributed by atoms with Gasteiger partial charge in [-0.25, -0.2) is 0 Å². The number of hydrogen-bond donors (Lipinski definition) is 1. The lowest BCUT2D eigenvalue weighted by Crippen LogP contribution is -1.74. The van der Waals surface area contributed by atoms with Crippen LogP contribution < -0.4 is 0 Å². The van der Waals surface area contributed by atoms with Crippen molar-refractivity contribution >= 4 is 53.8 Å². The van der Waals surface area contributed by atoms with Crippen LogP contribution in [0.25, 0.3) is 21.9 Å². The van der Waals surface area contributed by atoms with Gasteiger partial charge < -0.3 is 9.52 Å². The van der Waals surface area contributed by atoms with Crippen LogP contribution in [0.5, 0.6) is 5.75 Å². The number of aromatic hydroxyl groups is 1. The molecule has 0 aliphatic heterocycles. The van der Waals surface area contributed by atoms with Crippen LogP contribution in [0.3, 0.4) is 0 Å². The molecule has 0 saturated heterocycles. The van der Waals surface area contributed by atoms with Crippen LogP contribution in [0.1, 0.15) is 0 Å². The number of benzene rings is 2. The zero-order chi connectivity index (χ0) is 11.3. The monoisotopic (exact) mass is 340 g/mol. The number of phenolic OH excluding ortho intramolecular Hbond substituents is 1. The first kappa shape index (κ1) is 10.2. The molecule has 3 aromatic rings. The first-order chi connectivity index (χ1) is 7.68. The van der Waals surface area contributed by atoms with Crippen molar-refractivity contribution in [2.45, 2.75) is 0 Å². The highest BCUT2D eigenvalue weighted by Gasteiger charge is 2.15. The summed E-state index contributed by atoms with van der Waals surface area (Å²) in [5.74, 6) is 0.194. The highest BCUT2D eigenvalue weighted by Crippen LogP contribution is 2.42. The molecular weight excluding hydrogens is 336 g/mol. The second-order valence-corrected chi connectivity index (χ2v) is 5.14. The number of rotatable bonds is 0. The number of phenols is 1. The largest absolute Gasteiger partial charge is 0.506 e. The lowest BCUT2D eigenvalue weighted by molar-refractivity contribution is 0.469. The van der Waals surface area contributed by atoms with E-state index in [2.05, 4.69) is 31.9 Å². The van der Waals surface area contributed by atoms with Crippen molar-refractivity contribution in [3.63, 3.8) is 0 Å². The molecule has 0 atom stereocenters. The third-order valence-electron chi connectivity index (χ3n) is 2.53. The Kier molecular flexibility index (Phi) is 2.23. The Balaban J connectivity index is 2.62. The van der Waals surface area contributed by atoms with Crippen LogP contribution in [0.2, 0.25) is 0 Å². The Morgan fingerprint density at radius 3 is 2.62 bits per heavy atom. The van der Waals surface area contributed by atoms with E-state index in [1.807, 2.05) is 24.3 Å². The van der Waals surface area contributed by atoms with Gasteiger partial charge in [-0.15, -0.1) is 0 Å². The molecular formula is C12H6Br2O2. The molecule has 80 valence electrons. The molecule has 16 heavy (non-hydrogen) atoms.